The molecule has 0 bridgehead atoms. The van der Waals surface area contributed by atoms with Gasteiger partial charge in [-0.05, 0) is 38.0 Å². The zero-order valence-corrected chi connectivity index (χ0v) is 12.3. The van der Waals surface area contributed by atoms with Crippen LogP contribution in [0.1, 0.15) is 52.9 Å². The second kappa shape index (κ2) is 5.93. The van der Waals surface area contributed by atoms with Crippen LogP contribution >= 0.6 is 0 Å². The third-order valence-electron chi connectivity index (χ3n) is 4.58. The summed E-state index contributed by atoms with van der Waals surface area (Å²) >= 11 is 0. The number of hydrogen-bond acceptors (Lipinski definition) is 2. The highest BCUT2D eigenvalue weighted by atomic mass is 16.2. The topological polar surface area (TPSA) is 49.4 Å². The van der Waals surface area contributed by atoms with E-state index in [9.17, 15) is 9.59 Å². The molecule has 0 aromatic heterocycles. The normalized spacial score (nSPS) is 36.3. The molecular weight excluding hydrogens is 240 g/mol. The van der Waals surface area contributed by atoms with Gasteiger partial charge in [-0.2, -0.15) is 0 Å². The van der Waals surface area contributed by atoms with Gasteiger partial charge in [0.15, 0.2) is 0 Å². The van der Waals surface area contributed by atoms with Gasteiger partial charge in [-0.25, -0.2) is 0 Å². The first kappa shape index (κ1) is 14.4. The molecule has 0 aromatic rings. The lowest BCUT2D eigenvalue weighted by Crippen LogP contribution is -2.63. The van der Waals surface area contributed by atoms with Crippen LogP contribution < -0.4 is 5.32 Å². The summed E-state index contributed by atoms with van der Waals surface area (Å²) in [7, 11) is 0. The number of carbonyl (C=O) groups is 2. The molecule has 1 aliphatic carbocycles. The summed E-state index contributed by atoms with van der Waals surface area (Å²) in [6, 6.07) is -0.628. The van der Waals surface area contributed by atoms with E-state index in [2.05, 4.69) is 12.2 Å². The van der Waals surface area contributed by atoms with E-state index in [0.29, 0.717) is 12.3 Å². The molecule has 1 saturated heterocycles. The smallest absolute Gasteiger partial charge is 0.245 e. The van der Waals surface area contributed by atoms with Gasteiger partial charge >= 0.3 is 0 Å². The van der Waals surface area contributed by atoms with Crippen molar-refractivity contribution in [1.29, 1.82) is 0 Å². The van der Waals surface area contributed by atoms with Crippen molar-refractivity contribution in [2.45, 2.75) is 65.0 Å². The van der Waals surface area contributed by atoms with Gasteiger partial charge in [0.25, 0.3) is 0 Å². The van der Waals surface area contributed by atoms with E-state index in [1.54, 1.807) is 6.92 Å². The standard InChI is InChI=1S/C15H26N2O2/c1-4-13-14(18)16-11(3)15(19)17(13)9-12-7-5-6-10(2)8-12/h10-13H,4-9H2,1-3H3,(H,16,18). The molecule has 1 saturated carbocycles. The van der Waals surface area contributed by atoms with Crippen molar-refractivity contribution in [1.82, 2.24) is 10.2 Å². The van der Waals surface area contributed by atoms with Crippen LogP contribution in [0.15, 0.2) is 0 Å². The van der Waals surface area contributed by atoms with E-state index in [0.717, 1.165) is 12.5 Å². The number of piperazine rings is 1. The average Bonchev–Trinajstić information content (AvgIpc) is 2.36. The van der Waals surface area contributed by atoms with E-state index in [-0.39, 0.29) is 23.9 Å². The lowest BCUT2D eigenvalue weighted by atomic mass is 9.82. The Morgan fingerprint density at radius 1 is 1.26 bits per heavy atom. The Kier molecular flexibility index (Phi) is 4.48. The van der Waals surface area contributed by atoms with E-state index in [1.807, 2.05) is 11.8 Å². The van der Waals surface area contributed by atoms with Gasteiger partial charge in [0, 0.05) is 6.54 Å². The Labute approximate surface area is 115 Å². The summed E-state index contributed by atoms with van der Waals surface area (Å²) in [6.45, 7) is 6.81. The van der Waals surface area contributed by atoms with Gasteiger partial charge < -0.3 is 10.2 Å². The first-order chi connectivity index (χ1) is 9.02. The zero-order valence-electron chi connectivity index (χ0n) is 12.3. The van der Waals surface area contributed by atoms with Crippen molar-refractivity contribution < 1.29 is 9.59 Å². The molecule has 0 aromatic carbocycles. The molecule has 1 heterocycles. The van der Waals surface area contributed by atoms with Crippen molar-refractivity contribution >= 4 is 11.8 Å². The molecule has 2 fully saturated rings. The molecule has 4 nitrogen and oxygen atoms in total. The van der Waals surface area contributed by atoms with Crippen molar-refractivity contribution in [3.05, 3.63) is 0 Å². The zero-order chi connectivity index (χ0) is 14.0. The maximum atomic E-state index is 12.3. The molecule has 2 rings (SSSR count). The Bertz CT molecular complexity index is 356. The first-order valence-corrected chi connectivity index (χ1v) is 7.63. The van der Waals surface area contributed by atoms with Crippen LogP contribution in [0.5, 0.6) is 0 Å². The third kappa shape index (κ3) is 3.10. The van der Waals surface area contributed by atoms with E-state index in [4.69, 9.17) is 0 Å². The summed E-state index contributed by atoms with van der Waals surface area (Å²) in [4.78, 5) is 26.1. The van der Waals surface area contributed by atoms with Crippen LogP contribution in [-0.4, -0.2) is 35.3 Å². The van der Waals surface area contributed by atoms with E-state index < -0.39 is 0 Å². The van der Waals surface area contributed by atoms with Crippen LogP contribution in [0, 0.1) is 11.8 Å². The second-order valence-electron chi connectivity index (χ2n) is 6.28. The molecule has 19 heavy (non-hydrogen) atoms. The summed E-state index contributed by atoms with van der Waals surface area (Å²) in [5, 5.41) is 2.78. The lowest BCUT2D eigenvalue weighted by molar-refractivity contribution is -0.149. The van der Waals surface area contributed by atoms with Crippen molar-refractivity contribution in [2.75, 3.05) is 6.54 Å². The molecule has 1 N–H and O–H groups in total. The maximum Gasteiger partial charge on any atom is 0.245 e. The molecular formula is C15H26N2O2. The Hall–Kier alpha value is -1.06. The molecule has 0 radical (unpaired) electrons. The number of carbonyl (C=O) groups excluding carboxylic acids is 2. The molecule has 4 atom stereocenters. The number of nitrogens with zero attached hydrogens (tertiary/aromatic N) is 1. The third-order valence-corrected chi connectivity index (χ3v) is 4.58. The van der Waals surface area contributed by atoms with Crippen molar-refractivity contribution in [3.8, 4) is 0 Å². The predicted octanol–water partition coefficient (Wildman–Crippen LogP) is 1.94. The fourth-order valence-electron chi connectivity index (χ4n) is 3.54. The van der Waals surface area contributed by atoms with Gasteiger partial charge in [0.1, 0.15) is 12.1 Å². The van der Waals surface area contributed by atoms with Gasteiger partial charge in [-0.15, -0.1) is 0 Å². The molecule has 4 heteroatoms. The molecule has 4 unspecified atom stereocenters. The van der Waals surface area contributed by atoms with Gasteiger partial charge in [0.2, 0.25) is 11.8 Å². The monoisotopic (exact) mass is 266 g/mol. The van der Waals surface area contributed by atoms with Crippen molar-refractivity contribution in [3.63, 3.8) is 0 Å². The number of amides is 2. The second-order valence-corrected chi connectivity index (χ2v) is 6.28. The van der Waals surface area contributed by atoms with Crippen LogP contribution in [0.4, 0.5) is 0 Å². The SMILES string of the molecule is CCC1C(=O)NC(C)C(=O)N1CC1CCCC(C)C1. The highest BCUT2D eigenvalue weighted by molar-refractivity contribution is 5.96. The summed E-state index contributed by atoms with van der Waals surface area (Å²) < 4.78 is 0. The maximum absolute atomic E-state index is 12.3. The van der Waals surface area contributed by atoms with Crippen molar-refractivity contribution in [2.24, 2.45) is 11.8 Å². The minimum absolute atomic E-state index is 0.0125. The van der Waals surface area contributed by atoms with Crippen LogP contribution in [0.25, 0.3) is 0 Å². The highest BCUT2D eigenvalue weighted by Crippen LogP contribution is 2.30. The lowest BCUT2D eigenvalue weighted by Gasteiger charge is -2.40. The minimum Gasteiger partial charge on any atom is -0.343 e. The minimum atomic E-state index is -0.365. The first-order valence-electron chi connectivity index (χ1n) is 7.63. The van der Waals surface area contributed by atoms with E-state index in [1.165, 1.54) is 25.7 Å². The summed E-state index contributed by atoms with van der Waals surface area (Å²) in [5.41, 5.74) is 0. The van der Waals surface area contributed by atoms with Crippen LogP contribution in [-0.2, 0) is 9.59 Å². The Morgan fingerprint density at radius 2 is 2.00 bits per heavy atom. The summed E-state index contributed by atoms with van der Waals surface area (Å²) in [5.74, 6) is 1.42. The highest BCUT2D eigenvalue weighted by Gasteiger charge is 2.38. The van der Waals surface area contributed by atoms with Gasteiger partial charge in [0.05, 0.1) is 0 Å². The Balaban J connectivity index is 2.05. The van der Waals surface area contributed by atoms with Gasteiger partial charge in [-0.1, -0.05) is 26.7 Å². The molecule has 2 amide bonds. The number of nitrogens with one attached hydrogen (secondary N) is 1. The molecule has 2 aliphatic rings. The molecule has 108 valence electrons. The van der Waals surface area contributed by atoms with E-state index >= 15 is 0 Å². The molecule has 0 spiro atoms. The Morgan fingerprint density at radius 3 is 2.63 bits per heavy atom. The summed E-state index contributed by atoms with van der Waals surface area (Å²) in [6.07, 6.45) is 5.65. The number of rotatable bonds is 3. The van der Waals surface area contributed by atoms with Crippen LogP contribution in [0.3, 0.4) is 0 Å². The average molecular weight is 266 g/mol. The van der Waals surface area contributed by atoms with Gasteiger partial charge in [-0.3, -0.25) is 9.59 Å². The fourth-order valence-corrected chi connectivity index (χ4v) is 3.54. The molecule has 1 aliphatic heterocycles. The largest absolute Gasteiger partial charge is 0.343 e. The fraction of sp³-hybridized carbons (Fsp3) is 0.867. The number of hydrogen-bond donors (Lipinski definition) is 1. The van der Waals surface area contributed by atoms with Crippen LogP contribution in [0.2, 0.25) is 0 Å². The predicted molar refractivity (Wildman–Crippen MR) is 74.5 cm³/mol. The quantitative estimate of drug-likeness (QED) is 0.848.